The average molecular weight is 567 g/mol. The lowest BCUT2D eigenvalue weighted by molar-refractivity contribution is 0.592. The average Bonchev–Trinajstić information content (AvgIpc) is 3.57. The Morgan fingerprint density at radius 1 is 0.974 bits per heavy atom. The highest BCUT2D eigenvalue weighted by atomic mass is 35.5. The van der Waals surface area contributed by atoms with Gasteiger partial charge in [-0.3, -0.25) is 0 Å². The number of nitrogens with zero attached hydrogens (tertiary/aromatic N) is 6. The Balaban J connectivity index is 1.37. The third-order valence-corrected chi connectivity index (χ3v) is 9.91. The van der Waals surface area contributed by atoms with Gasteiger partial charge in [0.15, 0.2) is 11.5 Å². The van der Waals surface area contributed by atoms with Gasteiger partial charge in [-0.1, -0.05) is 48.9 Å². The number of thiophene rings is 1. The molecule has 5 aromatic rings. The maximum atomic E-state index is 13.6. The van der Waals surface area contributed by atoms with Crippen molar-refractivity contribution in [3.8, 4) is 0 Å². The molecular weight excluding hydrogens is 540 g/mol. The van der Waals surface area contributed by atoms with Crippen molar-refractivity contribution in [1.82, 2.24) is 19.8 Å². The van der Waals surface area contributed by atoms with E-state index in [2.05, 4.69) is 40.9 Å². The Kier molecular flexibility index (Phi) is 6.28. The third kappa shape index (κ3) is 4.20. The predicted octanol–water partition coefficient (Wildman–Crippen LogP) is 5.58. The number of halogens is 1. The van der Waals surface area contributed by atoms with Gasteiger partial charge in [-0.05, 0) is 59.7 Å². The Bertz CT molecular complexity index is 1750. The van der Waals surface area contributed by atoms with Gasteiger partial charge >= 0.3 is 0 Å². The van der Waals surface area contributed by atoms with Crippen LogP contribution in [0.4, 0.5) is 11.5 Å². The Labute approximate surface area is 230 Å². The van der Waals surface area contributed by atoms with Crippen LogP contribution in [0.5, 0.6) is 0 Å². The maximum Gasteiger partial charge on any atom is 0.229 e. The zero-order valence-electron chi connectivity index (χ0n) is 21.3. The van der Waals surface area contributed by atoms with Crippen molar-refractivity contribution in [3.63, 3.8) is 0 Å². The lowest BCUT2D eigenvalue weighted by Gasteiger charge is -2.37. The summed E-state index contributed by atoms with van der Waals surface area (Å²) in [4.78, 5) is 9.62. The van der Waals surface area contributed by atoms with Crippen LogP contribution in [-0.4, -0.2) is 54.4 Å². The topological polar surface area (TPSA) is 83.7 Å². The van der Waals surface area contributed by atoms with E-state index in [1.807, 2.05) is 41.8 Å². The van der Waals surface area contributed by atoms with Crippen molar-refractivity contribution in [2.45, 2.75) is 36.6 Å². The van der Waals surface area contributed by atoms with Gasteiger partial charge in [-0.2, -0.15) is 4.52 Å². The molecule has 4 heterocycles. The molecular formula is C27H27ClN6O2S2. The van der Waals surface area contributed by atoms with Gasteiger partial charge in [0.25, 0.3) is 0 Å². The number of hydrogen-bond acceptors (Lipinski definition) is 8. The molecule has 0 saturated carbocycles. The van der Waals surface area contributed by atoms with E-state index in [0.717, 1.165) is 58.5 Å². The molecule has 0 atom stereocenters. The summed E-state index contributed by atoms with van der Waals surface area (Å²) in [7, 11) is -3.91. The van der Waals surface area contributed by atoms with Gasteiger partial charge in [0, 0.05) is 36.9 Å². The molecule has 0 radical (unpaired) electrons. The van der Waals surface area contributed by atoms with Crippen molar-refractivity contribution in [2.24, 2.45) is 0 Å². The number of piperazine rings is 1. The van der Waals surface area contributed by atoms with Gasteiger partial charge in [0.1, 0.15) is 0 Å². The molecule has 0 aliphatic carbocycles. The normalized spacial score (nSPS) is 14.8. The molecule has 1 aliphatic heterocycles. The molecule has 0 spiro atoms. The fourth-order valence-corrected chi connectivity index (χ4v) is 7.21. The minimum absolute atomic E-state index is 0.127. The summed E-state index contributed by atoms with van der Waals surface area (Å²) >= 11 is 7.83. The van der Waals surface area contributed by atoms with Gasteiger partial charge in [0.05, 0.1) is 15.1 Å². The third-order valence-electron chi connectivity index (χ3n) is 7.11. The monoisotopic (exact) mass is 566 g/mol. The van der Waals surface area contributed by atoms with E-state index in [4.69, 9.17) is 16.6 Å². The largest absolute Gasteiger partial charge is 0.368 e. The smallest absolute Gasteiger partial charge is 0.229 e. The summed E-state index contributed by atoms with van der Waals surface area (Å²) in [5, 5.41) is 10.9. The lowest BCUT2D eigenvalue weighted by Crippen LogP contribution is -2.47. The van der Waals surface area contributed by atoms with Gasteiger partial charge < -0.3 is 9.80 Å². The first-order valence-corrected chi connectivity index (χ1v) is 15.2. The standard InChI is InChI=1S/C27H27ClN6O2S2/c1-17(2)19-5-8-21(9-6-19)38(35,36)27-26-29-25(24-22(10-15-37-24)34(26)31-30-27)33-13-11-32(12-14-33)23-16-20(28)7-4-18(23)3/h4-10,15-17H,11-14H2,1-3H3. The van der Waals surface area contributed by atoms with E-state index in [1.54, 1.807) is 23.5 Å². The molecule has 0 N–H and O–H groups in total. The summed E-state index contributed by atoms with van der Waals surface area (Å²) in [5.74, 6) is 1.07. The summed E-state index contributed by atoms with van der Waals surface area (Å²) in [6, 6.07) is 14.9. The highest BCUT2D eigenvalue weighted by Crippen LogP contribution is 2.34. The van der Waals surface area contributed by atoms with Gasteiger partial charge in [0.2, 0.25) is 14.9 Å². The fraction of sp³-hybridized carbons (Fsp3) is 0.296. The summed E-state index contributed by atoms with van der Waals surface area (Å²) in [6.45, 7) is 9.31. The first kappa shape index (κ1) is 25.1. The van der Waals surface area contributed by atoms with Crippen LogP contribution in [0.2, 0.25) is 5.02 Å². The lowest BCUT2D eigenvalue weighted by atomic mass is 10.0. The number of anilines is 2. The van der Waals surface area contributed by atoms with E-state index in [-0.39, 0.29) is 15.6 Å². The fourth-order valence-electron chi connectivity index (χ4n) is 4.92. The van der Waals surface area contributed by atoms with E-state index in [9.17, 15) is 8.42 Å². The molecule has 6 rings (SSSR count). The van der Waals surface area contributed by atoms with Crippen molar-refractivity contribution in [3.05, 3.63) is 70.1 Å². The quantitative estimate of drug-likeness (QED) is 0.274. The molecule has 3 aromatic heterocycles. The van der Waals surface area contributed by atoms with Crippen LogP contribution in [0.15, 0.2) is 63.8 Å². The number of fused-ring (bicyclic) bond motifs is 3. The molecule has 0 unspecified atom stereocenters. The molecule has 0 amide bonds. The van der Waals surface area contributed by atoms with Gasteiger partial charge in [-0.15, -0.1) is 16.4 Å². The number of aromatic nitrogens is 4. The van der Waals surface area contributed by atoms with Crippen LogP contribution in [0.3, 0.4) is 0 Å². The molecule has 1 saturated heterocycles. The van der Waals surface area contributed by atoms with E-state index >= 15 is 0 Å². The van der Waals surface area contributed by atoms with Crippen LogP contribution >= 0.6 is 22.9 Å². The second-order valence-corrected chi connectivity index (χ2v) is 13.0. The second-order valence-electron chi connectivity index (χ2n) is 9.83. The zero-order valence-corrected chi connectivity index (χ0v) is 23.7. The van der Waals surface area contributed by atoms with E-state index in [1.165, 1.54) is 10.1 Å². The minimum Gasteiger partial charge on any atom is -0.368 e. The van der Waals surface area contributed by atoms with Crippen molar-refractivity contribution in [2.75, 3.05) is 36.0 Å². The number of rotatable bonds is 5. The van der Waals surface area contributed by atoms with Crippen LogP contribution < -0.4 is 9.80 Å². The molecule has 1 fully saturated rings. The minimum atomic E-state index is -3.91. The first-order chi connectivity index (χ1) is 18.2. The first-order valence-electron chi connectivity index (χ1n) is 12.5. The zero-order chi connectivity index (χ0) is 26.6. The summed E-state index contributed by atoms with van der Waals surface area (Å²) < 4.78 is 29.8. The molecule has 11 heteroatoms. The molecule has 8 nitrogen and oxygen atoms in total. The SMILES string of the molecule is Cc1ccc(Cl)cc1N1CCN(c2nc3c(S(=O)(=O)c4ccc(C(C)C)cc4)nnn3c3ccsc23)CC1. The molecule has 2 aromatic carbocycles. The Hall–Kier alpha value is -3.21. The molecule has 0 bridgehead atoms. The van der Waals surface area contributed by atoms with Crippen molar-refractivity contribution < 1.29 is 8.42 Å². The number of benzene rings is 2. The maximum absolute atomic E-state index is 13.6. The highest BCUT2D eigenvalue weighted by molar-refractivity contribution is 7.91. The molecule has 196 valence electrons. The summed E-state index contributed by atoms with van der Waals surface area (Å²) in [5.41, 5.74) is 4.44. The van der Waals surface area contributed by atoms with Crippen LogP contribution in [0, 0.1) is 6.92 Å². The molecule has 38 heavy (non-hydrogen) atoms. The van der Waals surface area contributed by atoms with Crippen molar-refractivity contribution in [1.29, 1.82) is 0 Å². The Morgan fingerprint density at radius 2 is 1.68 bits per heavy atom. The van der Waals surface area contributed by atoms with Crippen LogP contribution in [0.25, 0.3) is 15.9 Å². The van der Waals surface area contributed by atoms with Crippen molar-refractivity contribution >= 4 is 60.1 Å². The van der Waals surface area contributed by atoms with Crippen LogP contribution in [-0.2, 0) is 9.84 Å². The Morgan fingerprint density at radius 3 is 2.39 bits per heavy atom. The number of aryl methyl sites for hydroxylation is 1. The predicted molar refractivity (Wildman–Crippen MR) is 153 cm³/mol. The number of hydrogen-bond donors (Lipinski definition) is 0. The van der Waals surface area contributed by atoms with E-state index < -0.39 is 9.84 Å². The number of sulfone groups is 1. The van der Waals surface area contributed by atoms with E-state index in [0.29, 0.717) is 5.92 Å². The van der Waals surface area contributed by atoms with Crippen LogP contribution in [0.1, 0.15) is 30.9 Å². The summed E-state index contributed by atoms with van der Waals surface area (Å²) in [6.07, 6.45) is 0. The van der Waals surface area contributed by atoms with Gasteiger partial charge in [-0.25, -0.2) is 13.4 Å². The highest BCUT2D eigenvalue weighted by Gasteiger charge is 2.29. The molecule has 1 aliphatic rings. The second kappa shape index (κ2) is 9.52.